The van der Waals surface area contributed by atoms with Crippen LogP contribution in [0.5, 0.6) is 0 Å². The second kappa shape index (κ2) is 8.02. The molecule has 0 aliphatic carbocycles. The summed E-state index contributed by atoms with van der Waals surface area (Å²) in [5.74, 6) is -0.402. The van der Waals surface area contributed by atoms with Crippen LogP contribution in [0.15, 0.2) is 58.3 Å². The SMILES string of the molecule is O=C(NCC1OCCc2ccccc21)c1cc(-n2ncc(=O)[nH]c2=O)ccc1Cl. The van der Waals surface area contributed by atoms with E-state index in [1.54, 1.807) is 0 Å². The number of hydrogen-bond donors (Lipinski definition) is 2. The number of nitrogens with zero attached hydrogens (tertiary/aromatic N) is 2. The number of aromatic amines is 1. The zero-order valence-electron chi connectivity index (χ0n) is 15.2. The van der Waals surface area contributed by atoms with Gasteiger partial charge in [-0.05, 0) is 35.7 Å². The fraction of sp³-hybridized carbons (Fsp3) is 0.200. The molecule has 3 aromatic rings. The number of fused-ring (bicyclic) bond motifs is 1. The zero-order valence-corrected chi connectivity index (χ0v) is 16.0. The van der Waals surface area contributed by atoms with E-state index in [-0.39, 0.29) is 23.2 Å². The summed E-state index contributed by atoms with van der Waals surface area (Å²) in [4.78, 5) is 38.0. The number of nitrogens with one attached hydrogen (secondary N) is 2. The summed E-state index contributed by atoms with van der Waals surface area (Å²) in [7, 11) is 0. The van der Waals surface area contributed by atoms with Gasteiger partial charge in [0.25, 0.3) is 11.5 Å². The van der Waals surface area contributed by atoms with Crippen LogP contribution >= 0.6 is 11.6 Å². The van der Waals surface area contributed by atoms with Gasteiger partial charge in [-0.2, -0.15) is 9.78 Å². The quantitative estimate of drug-likeness (QED) is 0.677. The summed E-state index contributed by atoms with van der Waals surface area (Å²) >= 11 is 6.19. The summed E-state index contributed by atoms with van der Waals surface area (Å²) in [5.41, 5.74) is 1.45. The first kappa shape index (κ1) is 19.1. The molecule has 0 radical (unpaired) electrons. The van der Waals surface area contributed by atoms with Gasteiger partial charge in [-0.15, -0.1) is 0 Å². The van der Waals surface area contributed by atoms with Gasteiger partial charge in [0.1, 0.15) is 12.3 Å². The van der Waals surface area contributed by atoms with Crippen molar-refractivity contribution in [2.45, 2.75) is 12.5 Å². The Labute approximate surface area is 170 Å². The van der Waals surface area contributed by atoms with Gasteiger partial charge in [0.15, 0.2) is 0 Å². The Bertz CT molecular complexity index is 1190. The highest BCUT2D eigenvalue weighted by molar-refractivity contribution is 6.33. The van der Waals surface area contributed by atoms with E-state index in [1.165, 1.54) is 23.8 Å². The van der Waals surface area contributed by atoms with E-state index in [1.807, 2.05) is 18.2 Å². The molecule has 0 fully saturated rings. The molecule has 0 bridgehead atoms. The van der Waals surface area contributed by atoms with Crippen molar-refractivity contribution in [2.24, 2.45) is 0 Å². The molecule has 148 valence electrons. The molecule has 0 saturated carbocycles. The lowest BCUT2D eigenvalue weighted by Gasteiger charge is -2.26. The second-order valence-corrected chi connectivity index (χ2v) is 6.94. The molecule has 1 atom stereocenters. The summed E-state index contributed by atoms with van der Waals surface area (Å²) in [6, 6.07) is 12.5. The predicted molar refractivity (Wildman–Crippen MR) is 107 cm³/mol. The van der Waals surface area contributed by atoms with E-state index in [0.717, 1.165) is 22.9 Å². The number of hydrogen-bond acceptors (Lipinski definition) is 5. The van der Waals surface area contributed by atoms with Crippen LogP contribution in [0.1, 0.15) is 27.6 Å². The molecule has 29 heavy (non-hydrogen) atoms. The van der Waals surface area contributed by atoms with Crippen molar-refractivity contribution in [1.29, 1.82) is 0 Å². The van der Waals surface area contributed by atoms with Crippen molar-refractivity contribution in [3.63, 3.8) is 0 Å². The normalized spacial score (nSPS) is 15.6. The van der Waals surface area contributed by atoms with Crippen molar-refractivity contribution in [3.05, 3.63) is 91.2 Å². The van der Waals surface area contributed by atoms with Crippen LogP contribution in [0.2, 0.25) is 5.02 Å². The monoisotopic (exact) mass is 412 g/mol. The molecule has 1 unspecified atom stereocenters. The Hall–Kier alpha value is -3.23. The number of rotatable bonds is 4. The Kier molecular flexibility index (Phi) is 5.28. The molecule has 4 rings (SSSR count). The van der Waals surface area contributed by atoms with Crippen molar-refractivity contribution in [3.8, 4) is 5.69 Å². The Morgan fingerprint density at radius 2 is 2.10 bits per heavy atom. The first-order valence-corrected chi connectivity index (χ1v) is 9.37. The van der Waals surface area contributed by atoms with Gasteiger partial charge in [0.05, 0.1) is 22.9 Å². The number of ether oxygens (including phenoxy) is 1. The zero-order chi connectivity index (χ0) is 20.4. The second-order valence-electron chi connectivity index (χ2n) is 6.53. The van der Waals surface area contributed by atoms with Gasteiger partial charge < -0.3 is 10.1 Å². The van der Waals surface area contributed by atoms with Gasteiger partial charge in [-0.3, -0.25) is 14.6 Å². The number of amides is 1. The van der Waals surface area contributed by atoms with Crippen LogP contribution in [-0.4, -0.2) is 33.8 Å². The lowest BCUT2D eigenvalue weighted by Crippen LogP contribution is -2.32. The standard InChI is InChI=1S/C20H17ClN4O4/c21-16-6-5-13(25-20(28)24-18(26)11-23-25)9-15(16)19(27)22-10-17-14-4-2-1-3-12(14)7-8-29-17/h1-6,9,11,17H,7-8,10H2,(H,22,27)(H,24,26,28). The smallest absolute Gasteiger partial charge is 0.349 e. The molecule has 1 amide bonds. The molecule has 2 aromatic carbocycles. The number of benzene rings is 2. The largest absolute Gasteiger partial charge is 0.371 e. The topological polar surface area (TPSA) is 106 Å². The van der Waals surface area contributed by atoms with E-state index >= 15 is 0 Å². The van der Waals surface area contributed by atoms with Crippen molar-refractivity contribution in [2.75, 3.05) is 13.2 Å². The van der Waals surface area contributed by atoms with Gasteiger partial charge in [-0.25, -0.2) is 4.79 Å². The fourth-order valence-corrected chi connectivity index (χ4v) is 3.49. The van der Waals surface area contributed by atoms with E-state index in [0.29, 0.717) is 12.3 Å². The molecule has 2 heterocycles. The summed E-state index contributed by atoms with van der Waals surface area (Å²) < 4.78 is 6.79. The maximum Gasteiger partial charge on any atom is 0.349 e. The molecule has 2 N–H and O–H groups in total. The van der Waals surface area contributed by atoms with Crippen LogP contribution < -0.4 is 16.6 Å². The summed E-state index contributed by atoms with van der Waals surface area (Å²) in [6.07, 6.45) is 1.58. The number of H-pyrrole nitrogens is 1. The fourth-order valence-electron chi connectivity index (χ4n) is 3.28. The summed E-state index contributed by atoms with van der Waals surface area (Å²) in [6.45, 7) is 0.877. The maximum atomic E-state index is 12.7. The van der Waals surface area contributed by atoms with Gasteiger partial charge in [-0.1, -0.05) is 35.9 Å². The molecule has 8 nitrogen and oxygen atoms in total. The van der Waals surface area contributed by atoms with Crippen molar-refractivity contribution >= 4 is 17.5 Å². The summed E-state index contributed by atoms with van der Waals surface area (Å²) in [5, 5.41) is 6.86. The molecule has 0 saturated heterocycles. The third kappa shape index (κ3) is 3.98. The van der Waals surface area contributed by atoms with Crippen molar-refractivity contribution in [1.82, 2.24) is 20.1 Å². The average molecular weight is 413 g/mol. The van der Waals surface area contributed by atoms with E-state index in [2.05, 4.69) is 21.5 Å². The van der Waals surface area contributed by atoms with Gasteiger partial charge in [0.2, 0.25) is 0 Å². The molecule has 0 spiro atoms. The third-order valence-electron chi connectivity index (χ3n) is 4.69. The number of halogens is 1. The highest BCUT2D eigenvalue weighted by atomic mass is 35.5. The Morgan fingerprint density at radius 3 is 2.93 bits per heavy atom. The Morgan fingerprint density at radius 1 is 1.28 bits per heavy atom. The van der Waals surface area contributed by atoms with Crippen LogP contribution in [0, 0.1) is 0 Å². The van der Waals surface area contributed by atoms with Crippen LogP contribution in [-0.2, 0) is 11.2 Å². The number of carbonyl (C=O) groups excluding carboxylic acids is 1. The predicted octanol–water partition coefficient (Wildman–Crippen LogP) is 1.62. The minimum Gasteiger partial charge on any atom is -0.371 e. The van der Waals surface area contributed by atoms with E-state index < -0.39 is 17.2 Å². The van der Waals surface area contributed by atoms with Gasteiger partial charge in [0, 0.05) is 6.54 Å². The molecule has 1 aromatic heterocycles. The van der Waals surface area contributed by atoms with Crippen LogP contribution in [0.4, 0.5) is 0 Å². The maximum absolute atomic E-state index is 12.7. The lowest BCUT2D eigenvalue weighted by atomic mass is 9.97. The van der Waals surface area contributed by atoms with Crippen molar-refractivity contribution < 1.29 is 9.53 Å². The number of carbonyl (C=O) groups is 1. The highest BCUT2D eigenvalue weighted by Gasteiger charge is 2.22. The minimum atomic E-state index is -0.710. The molecule has 1 aliphatic rings. The Balaban J connectivity index is 1.55. The third-order valence-corrected chi connectivity index (χ3v) is 5.02. The number of aromatic nitrogens is 3. The van der Waals surface area contributed by atoms with Gasteiger partial charge >= 0.3 is 5.69 Å². The van der Waals surface area contributed by atoms with Crippen LogP contribution in [0.25, 0.3) is 5.69 Å². The molecule has 1 aliphatic heterocycles. The molecular formula is C20H17ClN4O4. The van der Waals surface area contributed by atoms with Crippen LogP contribution in [0.3, 0.4) is 0 Å². The van der Waals surface area contributed by atoms with E-state index in [9.17, 15) is 14.4 Å². The highest BCUT2D eigenvalue weighted by Crippen LogP contribution is 2.26. The average Bonchev–Trinajstić information content (AvgIpc) is 2.72. The minimum absolute atomic E-state index is 0.188. The lowest BCUT2D eigenvalue weighted by molar-refractivity contribution is 0.0411. The first-order valence-electron chi connectivity index (χ1n) is 8.99. The first-order chi connectivity index (χ1) is 14.0. The molecule has 9 heteroatoms. The molecular weight excluding hydrogens is 396 g/mol. The van der Waals surface area contributed by atoms with E-state index in [4.69, 9.17) is 16.3 Å².